The van der Waals surface area contributed by atoms with Gasteiger partial charge in [0.15, 0.2) is 13.2 Å². The quantitative estimate of drug-likeness (QED) is 0.703. The number of carbonyl (C=O) groups is 3. The first-order valence-corrected chi connectivity index (χ1v) is 8.83. The molecule has 0 fully saturated rings. The van der Waals surface area contributed by atoms with Crippen LogP contribution >= 0.6 is 0 Å². The van der Waals surface area contributed by atoms with Crippen molar-refractivity contribution >= 4 is 23.5 Å². The lowest BCUT2D eigenvalue weighted by molar-refractivity contribution is -0.149. The van der Waals surface area contributed by atoms with Crippen LogP contribution < -0.4 is 10.1 Å². The van der Waals surface area contributed by atoms with Crippen molar-refractivity contribution in [2.45, 2.75) is 20.8 Å². The highest BCUT2D eigenvalue weighted by molar-refractivity contribution is 6.01. The molecule has 0 aliphatic rings. The fourth-order valence-corrected chi connectivity index (χ4v) is 2.37. The molecule has 0 saturated heterocycles. The minimum Gasteiger partial charge on any atom is -0.482 e. The van der Waals surface area contributed by atoms with Crippen LogP contribution in [0.4, 0.5) is 5.69 Å². The molecule has 2 aromatic carbocycles. The normalized spacial score (nSPS) is 10.1. The van der Waals surface area contributed by atoms with Crippen molar-refractivity contribution in [2.24, 2.45) is 0 Å². The number of carbonyl (C=O) groups excluding carboxylic acids is 3. The van der Waals surface area contributed by atoms with E-state index in [1.165, 1.54) is 6.07 Å². The van der Waals surface area contributed by atoms with Gasteiger partial charge in [0.1, 0.15) is 5.75 Å². The summed E-state index contributed by atoms with van der Waals surface area (Å²) in [5.41, 5.74) is 2.49. The van der Waals surface area contributed by atoms with E-state index in [-0.39, 0.29) is 24.5 Å². The van der Waals surface area contributed by atoms with Crippen LogP contribution in [0.1, 0.15) is 28.4 Å². The predicted molar refractivity (Wildman–Crippen MR) is 103 cm³/mol. The molecule has 1 N–H and O–H groups in total. The fourth-order valence-electron chi connectivity index (χ4n) is 2.37. The van der Waals surface area contributed by atoms with Gasteiger partial charge in [0.05, 0.1) is 17.9 Å². The van der Waals surface area contributed by atoms with E-state index in [0.717, 1.165) is 11.1 Å². The summed E-state index contributed by atoms with van der Waals surface area (Å²) in [5, 5.41) is 2.54. The largest absolute Gasteiger partial charge is 0.482 e. The highest BCUT2D eigenvalue weighted by Crippen LogP contribution is 2.20. The van der Waals surface area contributed by atoms with E-state index in [1.807, 2.05) is 26.0 Å². The second kappa shape index (κ2) is 10.1. The van der Waals surface area contributed by atoms with Gasteiger partial charge in [0.25, 0.3) is 5.91 Å². The molecule has 0 radical (unpaired) electrons. The molecule has 28 heavy (non-hydrogen) atoms. The summed E-state index contributed by atoms with van der Waals surface area (Å²) in [6.07, 6.45) is 0. The lowest BCUT2D eigenvalue weighted by atomic mass is 10.1. The molecule has 7 nitrogen and oxygen atoms in total. The Balaban J connectivity index is 1.85. The molecule has 148 valence electrons. The standard InChI is InChI=1S/C21H23NO6/c1-4-26-21(25)16-9-5-6-10-17(16)22-19(23)12-28-20(24)13-27-18-11-7-8-14(2)15(18)3/h5-11H,4,12-13H2,1-3H3,(H,22,23). The van der Waals surface area contributed by atoms with Crippen LogP contribution in [0.25, 0.3) is 0 Å². The Kier molecular flexibility index (Phi) is 7.56. The van der Waals surface area contributed by atoms with Gasteiger partial charge >= 0.3 is 11.9 Å². The van der Waals surface area contributed by atoms with Crippen LogP contribution in [0.3, 0.4) is 0 Å². The Morgan fingerprint density at radius 3 is 2.43 bits per heavy atom. The number of benzene rings is 2. The van der Waals surface area contributed by atoms with Crippen molar-refractivity contribution in [3.63, 3.8) is 0 Å². The van der Waals surface area contributed by atoms with E-state index in [0.29, 0.717) is 5.75 Å². The number of para-hydroxylation sites is 1. The van der Waals surface area contributed by atoms with Crippen LogP contribution in [0, 0.1) is 13.8 Å². The Morgan fingerprint density at radius 2 is 1.68 bits per heavy atom. The number of hydrogen-bond donors (Lipinski definition) is 1. The molecule has 0 atom stereocenters. The third kappa shape index (κ3) is 5.84. The SMILES string of the molecule is CCOC(=O)c1ccccc1NC(=O)COC(=O)COc1cccc(C)c1C. The van der Waals surface area contributed by atoms with E-state index in [2.05, 4.69) is 5.32 Å². The average molecular weight is 385 g/mol. The Hall–Kier alpha value is -3.35. The zero-order valence-corrected chi connectivity index (χ0v) is 16.1. The molecule has 0 heterocycles. The molecule has 0 aliphatic heterocycles. The molecule has 2 rings (SSSR count). The van der Waals surface area contributed by atoms with Crippen LogP contribution in [-0.2, 0) is 19.1 Å². The number of hydrogen-bond acceptors (Lipinski definition) is 6. The maximum absolute atomic E-state index is 12.0. The lowest BCUT2D eigenvalue weighted by Gasteiger charge is -2.12. The van der Waals surface area contributed by atoms with Gasteiger partial charge in [-0.15, -0.1) is 0 Å². The summed E-state index contributed by atoms with van der Waals surface area (Å²) in [6, 6.07) is 12.0. The summed E-state index contributed by atoms with van der Waals surface area (Å²) in [4.78, 5) is 35.8. The maximum Gasteiger partial charge on any atom is 0.344 e. The molecule has 0 saturated carbocycles. The molecule has 0 spiro atoms. The third-order valence-electron chi connectivity index (χ3n) is 3.96. The highest BCUT2D eigenvalue weighted by Gasteiger charge is 2.15. The van der Waals surface area contributed by atoms with Gasteiger partial charge in [-0.05, 0) is 50.1 Å². The first-order valence-electron chi connectivity index (χ1n) is 8.83. The molecule has 7 heteroatoms. The number of ether oxygens (including phenoxy) is 3. The number of anilines is 1. The monoisotopic (exact) mass is 385 g/mol. The van der Waals surface area contributed by atoms with Crippen molar-refractivity contribution in [1.29, 1.82) is 0 Å². The minimum absolute atomic E-state index is 0.221. The first kappa shape index (κ1) is 21.0. The molecule has 0 bridgehead atoms. The number of amides is 1. The molecule has 1 amide bonds. The van der Waals surface area contributed by atoms with Gasteiger partial charge in [-0.3, -0.25) is 4.79 Å². The summed E-state index contributed by atoms with van der Waals surface area (Å²) >= 11 is 0. The van der Waals surface area contributed by atoms with Gasteiger partial charge in [0.2, 0.25) is 0 Å². The van der Waals surface area contributed by atoms with E-state index >= 15 is 0 Å². The Morgan fingerprint density at radius 1 is 0.929 bits per heavy atom. The molecule has 2 aromatic rings. The van der Waals surface area contributed by atoms with E-state index in [4.69, 9.17) is 14.2 Å². The van der Waals surface area contributed by atoms with Crippen molar-refractivity contribution in [2.75, 3.05) is 25.1 Å². The van der Waals surface area contributed by atoms with E-state index in [9.17, 15) is 14.4 Å². The Bertz CT molecular complexity index is 862. The van der Waals surface area contributed by atoms with Crippen molar-refractivity contribution in [1.82, 2.24) is 0 Å². The maximum atomic E-state index is 12.0. The second-order valence-electron chi connectivity index (χ2n) is 5.96. The predicted octanol–water partition coefficient (Wildman–Crippen LogP) is 3.04. The smallest absolute Gasteiger partial charge is 0.344 e. The van der Waals surface area contributed by atoms with Gasteiger partial charge in [-0.2, -0.15) is 0 Å². The zero-order chi connectivity index (χ0) is 20.5. The van der Waals surface area contributed by atoms with Gasteiger partial charge in [-0.1, -0.05) is 24.3 Å². The molecule has 0 unspecified atom stereocenters. The third-order valence-corrected chi connectivity index (χ3v) is 3.96. The van der Waals surface area contributed by atoms with Crippen molar-refractivity contribution in [3.8, 4) is 5.75 Å². The topological polar surface area (TPSA) is 90.9 Å². The molecule has 0 aromatic heterocycles. The average Bonchev–Trinajstić information content (AvgIpc) is 2.68. The first-order chi connectivity index (χ1) is 13.4. The van der Waals surface area contributed by atoms with Crippen LogP contribution in [0.2, 0.25) is 0 Å². The fraction of sp³-hybridized carbons (Fsp3) is 0.286. The number of esters is 2. The second-order valence-corrected chi connectivity index (χ2v) is 5.96. The van der Waals surface area contributed by atoms with E-state index in [1.54, 1.807) is 31.2 Å². The molecular weight excluding hydrogens is 362 g/mol. The van der Waals surface area contributed by atoms with Gasteiger partial charge < -0.3 is 19.5 Å². The molecule has 0 aliphatic carbocycles. The van der Waals surface area contributed by atoms with Crippen LogP contribution in [-0.4, -0.2) is 37.7 Å². The van der Waals surface area contributed by atoms with E-state index < -0.39 is 24.5 Å². The van der Waals surface area contributed by atoms with Crippen molar-refractivity contribution in [3.05, 3.63) is 59.2 Å². The summed E-state index contributed by atoms with van der Waals surface area (Å²) < 4.78 is 15.3. The number of nitrogens with one attached hydrogen (secondary N) is 1. The zero-order valence-electron chi connectivity index (χ0n) is 16.1. The highest BCUT2D eigenvalue weighted by atomic mass is 16.6. The number of rotatable bonds is 8. The minimum atomic E-state index is -0.672. The number of aryl methyl sites for hydroxylation is 1. The van der Waals surface area contributed by atoms with Crippen LogP contribution in [0.5, 0.6) is 5.75 Å². The van der Waals surface area contributed by atoms with Crippen molar-refractivity contribution < 1.29 is 28.6 Å². The van der Waals surface area contributed by atoms with Gasteiger partial charge in [-0.25, -0.2) is 9.59 Å². The summed E-state index contributed by atoms with van der Waals surface area (Å²) in [6.45, 7) is 4.95. The van der Waals surface area contributed by atoms with Gasteiger partial charge in [0, 0.05) is 0 Å². The summed E-state index contributed by atoms with van der Waals surface area (Å²) in [5.74, 6) is -1.20. The summed E-state index contributed by atoms with van der Waals surface area (Å²) in [7, 11) is 0. The Labute approximate surface area is 163 Å². The van der Waals surface area contributed by atoms with Crippen LogP contribution in [0.15, 0.2) is 42.5 Å². The lowest BCUT2D eigenvalue weighted by Crippen LogP contribution is -2.24. The molecular formula is C21H23NO6.